The fraction of sp³-hybridized carbons (Fsp3) is 0.882. The molecule has 25 heavy (non-hydrogen) atoms. The van der Waals surface area contributed by atoms with Crippen LogP contribution in [0.2, 0.25) is 13.6 Å². The summed E-state index contributed by atoms with van der Waals surface area (Å²) in [5.74, 6) is 0.993. The van der Waals surface area contributed by atoms with Crippen LogP contribution in [0.15, 0.2) is 6.33 Å². The Labute approximate surface area is 156 Å². The molecule has 1 fully saturated rings. The lowest BCUT2D eigenvalue weighted by Gasteiger charge is -2.53. The molecule has 0 saturated carbocycles. The summed E-state index contributed by atoms with van der Waals surface area (Å²) in [6, 6.07) is 0. The Morgan fingerprint density at radius 3 is 2.20 bits per heavy atom. The maximum absolute atomic E-state index is 4.51. The van der Waals surface area contributed by atoms with Crippen LogP contribution in [0.3, 0.4) is 0 Å². The van der Waals surface area contributed by atoms with Crippen molar-refractivity contribution in [1.29, 1.82) is 0 Å². The second kappa shape index (κ2) is 9.08. The van der Waals surface area contributed by atoms with E-state index in [1.165, 1.54) is 6.42 Å². The van der Waals surface area contributed by atoms with Gasteiger partial charge in [-0.05, 0) is 33.9 Å². The Balaban J connectivity index is 0.000000567. The van der Waals surface area contributed by atoms with Gasteiger partial charge in [-0.15, -0.1) is 0 Å². The molecule has 8 heteroatoms. The summed E-state index contributed by atoms with van der Waals surface area (Å²) in [6.45, 7) is 21.4. The lowest BCUT2D eigenvalue weighted by atomic mass is 9.56. The van der Waals surface area contributed by atoms with Crippen molar-refractivity contribution in [2.24, 2.45) is 0 Å². The maximum atomic E-state index is 4.51. The second-order valence-electron chi connectivity index (χ2n) is 7.28. The predicted octanol–water partition coefficient (Wildman–Crippen LogP) is 3.50. The third-order valence-electron chi connectivity index (χ3n) is 5.02. The number of hydrogen-bond acceptors (Lipinski definition) is 5. The van der Waals surface area contributed by atoms with E-state index in [2.05, 4.69) is 84.4 Å². The molecule has 0 spiro atoms. The lowest BCUT2D eigenvalue weighted by Crippen LogP contribution is -2.75. The van der Waals surface area contributed by atoms with Gasteiger partial charge in [0, 0.05) is 0 Å². The van der Waals surface area contributed by atoms with Crippen molar-refractivity contribution < 1.29 is 0 Å². The standard InChI is InChI=1S/C12H24B2N6.C3H8.C2H6/c1-7-8-18-13(4)17(6)10-12(2,3)20-11(15-9-16-20)19(10)14(18)5;1-3-2;1-2/h9-10H,7-8H2,1-6H3;3H2,1-2H3;1-2H3. The first kappa shape index (κ1) is 22.0. The molecule has 2 aliphatic rings. The van der Waals surface area contributed by atoms with Gasteiger partial charge < -0.3 is 14.3 Å². The second-order valence-corrected chi connectivity index (χ2v) is 7.28. The number of aromatic nitrogens is 3. The van der Waals surface area contributed by atoms with Crippen LogP contribution in [0.5, 0.6) is 0 Å². The molecule has 0 radical (unpaired) electrons. The molecule has 1 saturated heterocycles. The van der Waals surface area contributed by atoms with Gasteiger partial charge in [0.05, 0.1) is 11.7 Å². The zero-order valence-corrected chi connectivity index (χ0v) is 18.1. The quantitative estimate of drug-likeness (QED) is 0.766. The van der Waals surface area contributed by atoms with E-state index in [0.717, 1.165) is 18.9 Å². The largest absolute Gasteiger partial charge is 0.354 e. The first-order valence-corrected chi connectivity index (χ1v) is 9.99. The number of rotatable bonds is 2. The first-order valence-electron chi connectivity index (χ1n) is 9.99. The molecule has 0 aromatic carbocycles. The summed E-state index contributed by atoms with van der Waals surface area (Å²) >= 11 is 0. The fourth-order valence-electron chi connectivity index (χ4n) is 3.99. The molecule has 6 nitrogen and oxygen atoms in total. The SMILES string of the molecule is CC.CCC.CCCN1B(C)N(C)C2N(B1C)c1ncnn1C2(C)C. The van der Waals surface area contributed by atoms with Gasteiger partial charge in [-0.3, -0.25) is 0 Å². The van der Waals surface area contributed by atoms with Crippen molar-refractivity contribution in [2.45, 2.75) is 86.7 Å². The highest BCUT2D eigenvalue weighted by Crippen LogP contribution is 2.41. The van der Waals surface area contributed by atoms with Crippen LogP contribution in [0, 0.1) is 0 Å². The first-order chi connectivity index (χ1) is 11.8. The van der Waals surface area contributed by atoms with E-state index >= 15 is 0 Å². The molecule has 2 aliphatic heterocycles. The van der Waals surface area contributed by atoms with Gasteiger partial charge in [-0.25, -0.2) is 9.67 Å². The summed E-state index contributed by atoms with van der Waals surface area (Å²) in [6.07, 6.45) is 4.39. The van der Waals surface area contributed by atoms with E-state index in [1.54, 1.807) is 6.33 Å². The van der Waals surface area contributed by atoms with Crippen LogP contribution < -0.4 is 4.81 Å². The zero-order chi connectivity index (χ0) is 19.4. The molecule has 0 aliphatic carbocycles. The maximum Gasteiger partial charge on any atom is 0.333 e. The van der Waals surface area contributed by atoms with Crippen molar-refractivity contribution in [3.8, 4) is 0 Å². The van der Waals surface area contributed by atoms with Crippen molar-refractivity contribution >= 4 is 19.9 Å². The van der Waals surface area contributed by atoms with E-state index in [9.17, 15) is 0 Å². The van der Waals surface area contributed by atoms with E-state index in [-0.39, 0.29) is 5.54 Å². The van der Waals surface area contributed by atoms with Gasteiger partial charge in [0.25, 0.3) is 6.98 Å². The third kappa shape index (κ3) is 3.75. The van der Waals surface area contributed by atoms with Gasteiger partial charge >= 0.3 is 6.98 Å². The number of nitrogens with zero attached hydrogens (tertiary/aromatic N) is 6. The highest BCUT2D eigenvalue weighted by atomic mass is 15.6. The monoisotopic (exact) mass is 348 g/mol. The minimum atomic E-state index is -0.0680. The summed E-state index contributed by atoms with van der Waals surface area (Å²) in [5.41, 5.74) is -0.0680. The molecular formula is C17H38B2N6. The zero-order valence-electron chi connectivity index (χ0n) is 18.1. The van der Waals surface area contributed by atoms with Crippen LogP contribution >= 0.6 is 0 Å². The number of hydrogen-bond donors (Lipinski definition) is 0. The number of fused-ring (bicyclic) bond motifs is 3. The summed E-state index contributed by atoms with van der Waals surface area (Å²) in [5, 5.41) is 4.46. The van der Waals surface area contributed by atoms with Crippen LogP contribution in [0.4, 0.5) is 5.95 Å². The van der Waals surface area contributed by atoms with Crippen LogP contribution in [-0.4, -0.2) is 58.0 Å². The Morgan fingerprint density at radius 2 is 1.68 bits per heavy atom. The molecule has 0 amide bonds. The summed E-state index contributed by atoms with van der Waals surface area (Å²) < 4.78 is 4.61. The molecule has 0 bridgehead atoms. The van der Waals surface area contributed by atoms with Crippen LogP contribution in [0.25, 0.3) is 0 Å². The van der Waals surface area contributed by atoms with E-state index in [0.29, 0.717) is 20.1 Å². The van der Waals surface area contributed by atoms with Crippen LogP contribution in [-0.2, 0) is 5.54 Å². The Bertz CT molecular complexity index is 521. The summed E-state index contributed by atoms with van der Waals surface area (Å²) in [4.78, 5) is 9.38. The summed E-state index contributed by atoms with van der Waals surface area (Å²) in [7, 11) is 2.21. The van der Waals surface area contributed by atoms with Gasteiger partial charge in [-0.1, -0.05) is 54.7 Å². The third-order valence-corrected chi connectivity index (χ3v) is 5.02. The van der Waals surface area contributed by atoms with E-state index in [1.807, 2.05) is 13.8 Å². The van der Waals surface area contributed by atoms with Gasteiger partial charge in [0.15, 0.2) is 0 Å². The normalized spacial score (nSPS) is 21.8. The molecule has 1 aromatic heterocycles. The average Bonchev–Trinajstić information content (AvgIpc) is 3.14. The van der Waals surface area contributed by atoms with Gasteiger partial charge in [0.1, 0.15) is 6.33 Å². The molecule has 142 valence electrons. The van der Waals surface area contributed by atoms with Crippen molar-refractivity contribution in [3.05, 3.63) is 6.33 Å². The molecule has 1 aromatic rings. The van der Waals surface area contributed by atoms with E-state index < -0.39 is 0 Å². The predicted molar refractivity (Wildman–Crippen MR) is 111 cm³/mol. The molecule has 1 atom stereocenters. The highest BCUT2D eigenvalue weighted by Gasteiger charge is 2.57. The van der Waals surface area contributed by atoms with Crippen LogP contribution in [0.1, 0.15) is 61.3 Å². The van der Waals surface area contributed by atoms with Gasteiger partial charge in [-0.2, -0.15) is 5.10 Å². The molecule has 3 rings (SSSR count). The average molecular weight is 348 g/mol. The van der Waals surface area contributed by atoms with Crippen molar-refractivity contribution in [3.63, 3.8) is 0 Å². The van der Waals surface area contributed by atoms with Gasteiger partial charge in [0.2, 0.25) is 5.95 Å². The smallest absolute Gasteiger partial charge is 0.333 e. The Morgan fingerprint density at radius 1 is 1.12 bits per heavy atom. The Hall–Kier alpha value is -1.01. The minimum absolute atomic E-state index is 0.0680. The molecular weight excluding hydrogens is 310 g/mol. The van der Waals surface area contributed by atoms with Crippen molar-refractivity contribution in [1.82, 2.24) is 24.3 Å². The minimum Gasteiger partial charge on any atom is -0.354 e. The molecule has 1 unspecified atom stereocenters. The van der Waals surface area contributed by atoms with E-state index in [4.69, 9.17) is 0 Å². The topological polar surface area (TPSA) is 40.4 Å². The highest BCUT2D eigenvalue weighted by molar-refractivity contribution is 6.73. The fourth-order valence-corrected chi connectivity index (χ4v) is 3.99. The van der Waals surface area contributed by atoms with Crippen molar-refractivity contribution in [2.75, 3.05) is 18.4 Å². The number of anilines is 1. The molecule has 3 heterocycles. The molecule has 0 N–H and O–H groups in total. The Kier molecular flexibility index (Phi) is 8.00. The lowest BCUT2D eigenvalue weighted by molar-refractivity contribution is 0.190. The number of likely N-dealkylation sites (N-methyl/N-ethyl adjacent to an activating group) is 1.